The summed E-state index contributed by atoms with van der Waals surface area (Å²) < 4.78 is 0. The van der Waals surface area contributed by atoms with Crippen LogP contribution in [0.25, 0.3) is 0 Å². The summed E-state index contributed by atoms with van der Waals surface area (Å²) in [5.74, 6) is -0.0479. The van der Waals surface area contributed by atoms with Gasteiger partial charge in [0.1, 0.15) is 0 Å². The van der Waals surface area contributed by atoms with E-state index >= 15 is 0 Å². The number of hydrogen-bond donors (Lipinski definition) is 2. The Morgan fingerprint density at radius 1 is 1.45 bits per heavy atom. The van der Waals surface area contributed by atoms with E-state index in [1.165, 1.54) is 0 Å². The van der Waals surface area contributed by atoms with Crippen LogP contribution in [-0.4, -0.2) is 36.5 Å². The van der Waals surface area contributed by atoms with Crippen molar-refractivity contribution in [2.75, 3.05) is 25.4 Å². The molecule has 2 rings (SSSR count). The van der Waals surface area contributed by atoms with Gasteiger partial charge in [-0.25, -0.2) is 0 Å². The fraction of sp³-hybridized carbons (Fsp3) is 0.562. The van der Waals surface area contributed by atoms with Crippen molar-refractivity contribution in [1.29, 1.82) is 0 Å². The van der Waals surface area contributed by atoms with Gasteiger partial charge in [-0.2, -0.15) is 0 Å². The summed E-state index contributed by atoms with van der Waals surface area (Å²) in [4.78, 5) is 14.7. The van der Waals surface area contributed by atoms with Gasteiger partial charge >= 0.3 is 0 Å². The Bertz CT molecular complexity index is 453. The maximum absolute atomic E-state index is 12.3. The Kier molecular flexibility index (Phi) is 5.01. The molecule has 1 atom stereocenters. The van der Waals surface area contributed by atoms with Crippen LogP contribution < -0.4 is 11.1 Å². The van der Waals surface area contributed by atoms with E-state index in [9.17, 15) is 4.79 Å². The molecule has 110 valence electrons. The second-order valence-electron chi connectivity index (χ2n) is 5.61. The van der Waals surface area contributed by atoms with E-state index in [0.717, 1.165) is 38.0 Å². The topological polar surface area (TPSA) is 58.4 Å². The van der Waals surface area contributed by atoms with Crippen molar-refractivity contribution in [2.24, 2.45) is 0 Å². The van der Waals surface area contributed by atoms with Crippen molar-refractivity contribution in [2.45, 2.75) is 38.6 Å². The fourth-order valence-corrected chi connectivity index (χ4v) is 2.70. The normalized spacial score (nSPS) is 18.7. The zero-order valence-corrected chi connectivity index (χ0v) is 12.4. The molecule has 1 heterocycles. The van der Waals surface area contributed by atoms with Gasteiger partial charge in [-0.3, -0.25) is 4.79 Å². The Labute approximate surface area is 121 Å². The van der Waals surface area contributed by atoms with Crippen LogP contribution in [0.15, 0.2) is 24.3 Å². The Balaban J connectivity index is 1.89. The minimum absolute atomic E-state index is 0.102. The third-order valence-electron chi connectivity index (χ3n) is 4.19. The molecule has 1 saturated heterocycles. The van der Waals surface area contributed by atoms with Gasteiger partial charge in [0.2, 0.25) is 5.91 Å². The number of nitrogen functional groups attached to an aromatic ring is 1. The monoisotopic (exact) mass is 275 g/mol. The molecule has 4 nitrogen and oxygen atoms in total. The van der Waals surface area contributed by atoms with Crippen LogP contribution in [0.3, 0.4) is 0 Å². The Morgan fingerprint density at radius 3 is 2.75 bits per heavy atom. The largest absolute Gasteiger partial charge is 0.399 e. The standard InChI is InChI=1S/C16H25N3O/c1-3-19-9-7-15(8-10-19)18-16(20)12(2)13-5-4-6-14(17)11-13/h4-6,11-12,15H,3,7-10,17H2,1-2H3,(H,18,20). The van der Waals surface area contributed by atoms with Gasteiger partial charge in [-0.1, -0.05) is 19.1 Å². The van der Waals surface area contributed by atoms with Gasteiger partial charge in [0.05, 0.1) is 5.92 Å². The van der Waals surface area contributed by atoms with Gasteiger partial charge in [0.25, 0.3) is 0 Å². The first-order valence-corrected chi connectivity index (χ1v) is 7.48. The molecule has 1 amide bonds. The summed E-state index contributed by atoms with van der Waals surface area (Å²) in [6, 6.07) is 7.89. The summed E-state index contributed by atoms with van der Waals surface area (Å²) in [7, 11) is 0. The van der Waals surface area contributed by atoms with Crippen LogP contribution >= 0.6 is 0 Å². The molecule has 0 aromatic heterocycles. The molecule has 1 aliphatic heterocycles. The molecule has 0 saturated carbocycles. The molecule has 1 unspecified atom stereocenters. The Morgan fingerprint density at radius 2 is 2.15 bits per heavy atom. The lowest BCUT2D eigenvalue weighted by Gasteiger charge is -2.32. The number of amides is 1. The third-order valence-corrected chi connectivity index (χ3v) is 4.19. The highest BCUT2D eigenvalue weighted by atomic mass is 16.1. The molecule has 0 bridgehead atoms. The number of nitrogens with two attached hydrogens (primary N) is 1. The fourth-order valence-electron chi connectivity index (χ4n) is 2.70. The number of carbonyl (C=O) groups is 1. The molecular formula is C16H25N3O. The Hall–Kier alpha value is -1.55. The van der Waals surface area contributed by atoms with Crippen molar-refractivity contribution >= 4 is 11.6 Å². The van der Waals surface area contributed by atoms with Crippen molar-refractivity contribution in [3.05, 3.63) is 29.8 Å². The maximum atomic E-state index is 12.3. The SMILES string of the molecule is CCN1CCC(NC(=O)C(C)c2cccc(N)c2)CC1. The van der Waals surface area contributed by atoms with Crippen LogP contribution in [0.1, 0.15) is 38.2 Å². The average Bonchev–Trinajstić information content (AvgIpc) is 2.47. The van der Waals surface area contributed by atoms with Crippen molar-refractivity contribution in [1.82, 2.24) is 10.2 Å². The van der Waals surface area contributed by atoms with E-state index in [4.69, 9.17) is 5.73 Å². The van der Waals surface area contributed by atoms with Gasteiger partial charge < -0.3 is 16.0 Å². The number of anilines is 1. The van der Waals surface area contributed by atoms with Gasteiger partial charge in [-0.15, -0.1) is 0 Å². The molecular weight excluding hydrogens is 250 g/mol. The zero-order chi connectivity index (χ0) is 14.5. The summed E-state index contributed by atoms with van der Waals surface area (Å²) in [5.41, 5.74) is 7.46. The minimum Gasteiger partial charge on any atom is -0.399 e. The lowest BCUT2D eigenvalue weighted by molar-refractivity contribution is -0.123. The third kappa shape index (κ3) is 3.73. The summed E-state index contributed by atoms with van der Waals surface area (Å²) in [6.45, 7) is 7.37. The van der Waals surface area contributed by atoms with Crippen molar-refractivity contribution in [3.8, 4) is 0 Å². The lowest BCUT2D eigenvalue weighted by Crippen LogP contribution is -2.45. The smallest absolute Gasteiger partial charge is 0.227 e. The van der Waals surface area contributed by atoms with Crippen LogP contribution in [0.5, 0.6) is 0 Å². The van der Waals surface area contributed by atoms with Crippen LogP contribution in [0.2, 0.25) is 0 Å². The molecule has 0 spiro atoms. The number of likely N-dealkylation sites (tertiary alicyclic amines) is 1. The summed E-state index contributed by atoms with van der Waals surface area (Å²) in [5, 5.41) is 3.17. The van der Waals surface area contributed by atoms with Gasteiger partial charge in [0.15, 0.2) is 0 Å². The van der Waals surface area contributed by atoms with E-state index in [2.05, 4.69) is 17.1 Å². The zero-order valence-electron chi connectivity index (χ0n) is 12.4. The molecule has 1 fully saturated rings. The molecule has 1 aliphatic rings. The minimum atomic E-state index is -0.150. The quantitative estimate of drug-likeness (QED) is 0.826. The van der Waals surface area contributed by atoms with Crippen LogP contribution in [0, 0.1) is 0 Å². The van der Waals surface area contributed by atoms with E-state index in [0.29, 0.717) is 11.7 Å². The molecule has 0 aliphatic carbocycles. The average molecular weight is 275 g/mol. The first-order chi connectivity index (χ1) is 9.60. The van der Waals surface area contributed by atoms with Crippen molar-refractivity contribution < 1.29 is 4.79 Å². The predicted molar refractivity (Wildman–Crippen MR) is 82.5 cm³/mol. The number of piperidine rings is 1. The highest BCUT2D eigenvalue weighted by Gasteiger charge is 2.22. The predicted octanol–water partition coefficient (Wildman–Crippen LogP) is 1.97. The van der Waals surface area contributed by atoms with E-state index in [-0.39, 0.29) is 11.8 Å². The molecule has 1 aromatic carbocycles. The lowest BCUT2D eigenvalue weighted by atomic mass is 9.98. The first-order valence-electron chi connectivity index (χ1n) is 7.48. The second-order valence-corrected chi connectivity index (χ2v) is 5.61. The number of hydrogen-bond acceptors (Lipinski definition) is 3. The van der Waals surface area contributed by atoms with E-state index in [1.807, 2.05) is 31.2 Å². The molecule has 3 N–H and O–H groups in total. The number of nitrogens with zero attached hydrogens (tertiary/aromatic N) is 1. The molecule has 4 heteroatoms. The van der Waals surface area contributed by atoms with Crippen LogP contribution in [-0.2, 0) is 4.79 Å². The second kappa shape index (κ2) is 6.75. The highest BCUT2D eigenvalue weighted by Crippen LogP contribution is 2.19. The van der Waals surface area contributed by atoms with Gasteiger partial charge in [0, 0.05) is 24.8 Å². The molecule has 20 heavy (non-hydrogen) atoms. The number of nitrogens with one attached hydrogen (secondary N) is 1. The van der Waals surface area contributed by atoms with E-state index in [1.54, 1.807) is 0 Å². The van der Waals surface area contributed by atoms with E-state index < -0.39 is 0 Å². The number of benzene rings is 1. The van der Waals surface area contributed by atoms with Crippen molar-refractivity contribution in [3.63, 3.8) is 0 Å². The number of carbonyl (C=O) groups excluding carboxylic acids is 1. The maximum Gasteiger partial charge on any atom is 0.227 e. The molecule has 0 radical (unpaired) electrons. The number of rotatable bonds is 4. The summed E-state index contributed by atoms with van der Waals surface area (Å²) >= 11 is 0. The summed E-state index contributed by atoms with van der Waals surface area (Å²) in [6.07, 6.45) is 2.09. The van der Waals surface area contributed by atoms with Gasteiger partial charge in [-0.05, 0) is 44.0 Å². The highest BCUT2D eigenvalue weighted by molar-refractivity contribution is 5.83. The molecule has 1 aromatic rings. The van der Waals surface area contributed by atoms with Crippen LogP contribution in [0.4, 0.5) is 5.69 Å². The first kappa shape index (κ1) is 14.9.